The van der Waals surface area contributed by atoms with Gasteiger partial charge >= 0.3 is 0 Å². The van der Waals surface area contributed by atoms with Crippen molar-refractivity contribution < 1.29 is 4.79 Å². The van der Waals surface area contributed by atoms with Gasteiger partial charge < -0.3 is 4.90 Å². The van der Waals surface area contributed by atoms with Crippen molar-refractivity contribution in [2.75, 3.05) is 7.05 Å². The van der Waals surface area contributed by atoms with Crippen molar-refractivity contribution in [2.24, 2.45) is 0 Å². The standard InChI is InChI=1S/C17H17ClN4O/c1-3-22-16-9-6-13(10-15(16)19-20-22)17(23)21(2)11-12-4-7-14(18)8-5-12/h4-10H,3,11H2,1-2H3. The van der Waals surface area contributed by atoms with E-state index in [1.54, 1.807) is 22.7 Å². The van der Waals surface area contributed by atoms with Crippen LogP contribution in [0.15, 0.2) is 42.5 Å². The third-order valence-electron chi connectivity index (χ3n) is 3.74. The number of fused-ring (bicyclic) bond motifs is 1. The first-order valence-corrected chi connectivity index (χ1v) is 7.79. The average Bonchev–Trinajstić information content (AvgIpc) is 2.98. The fourth-order valence-electron chi connectivity index (χ4n) is 2.49. The number of rotatable bonds is 4. The summed E-state index contributed by atoms with van der Waals surface area (Å²) in [5.41, 5.74) is 3.31. The van der Waals surface area contributed by atoms with Gasteiger partial charge in [-0.3, -0.25) is 4.79 Å². The molecule has 0 saturated heterocycles. The second kappa shape index (κ2) is 6.38. The van der Waals surface area contributed by atoms with Crippen molar-refractivity contribution in [3.8, 4) is 0 Å². The highest BCUT2D eigenvalue weighted by Gasteiger charge is 2.14. The van der Waals surface area contributed by atoms with Crippen LogP contribution >= 0.6 is 11.6 Å². The monoisotopic (exact) mass is 328 g/mol. The molecule has 0 fully saturated rings. The van der Waals surface area contributed by atoms with Gasteiger partial charge in [0, 0.05) is 30.7 Å². The van der Waals surface area contributed by atoms with Gasteiger partial charge in [0.1, 0.15) is 5.52 Å². The molecule has 23 heavy (non-hydrogen) atoms. The Morgan fingerprint density at radius 2 is 1.96 bits per heavy atom. The van der Waals surface area contributed by atoms with Gasteiger partial charge in [0.15, 0.2) is 0 Å². The minimum Gasteiger partial charge on any atom is -0.337 e. The minimum atomic E-state index is -0.0482. The molecule has 0 spiro atoms. The van der Waals surface area contributed by atoms with Crippen LogP contribution in [0.1, 0.15) is 22.8 Å². The first-order chi connectivity index (χ1) is 11.1. The summed E-state index contributed by atoms with van der Waals surface area (Å²) in [6, 6.07) is 13.0. The van der Waals surface area contributed by atoms with Gasteiger partial charge in [-0.15, -0.1) is 5.10 Å². The van der Waals surface area contributed by atoms with Crippen LogP contribution in [-0.4, -0.2) is 32.8 Å². The lowest BCUT2D eigenvalue weighted by atomic mass is 10.1. The summed E-state index contributed by atoms with van der Waals surface area (Å²) in [4.78, 5) is 14.3. The number of carbonyl (C=O) groups excluding carboxylic acids is 1. The SMILES string of the molecule is CCn1nnc2cc(C(=O)N(C)Cc3ccc(Cl)cc3)ccc21. The summed E-state index contributed by atoms with van der Waals surface area (Å²) in [6.07, 6.45) is 0. The van der Waals surface area contributed by atoms with E-state index in [1.807, 2.05) is 43.3 Å². The van der Waals surface area contributed by atoms with E-state index >= 15 is 0 Å². The van der Waals surface area contributed by atoms with Gasteiger partial charge in [-0.1, -0.05) is 28.9 Å². The quantitative estimate of drug-likeness (QED) is 0.737. The summed E-state index contributed by atoms with van der Waals surface area (Å²) in [6.45, 7) is 3.28. The zero-order valence-electron chi connectivity index (χ0n) is 13.0. The Morgan fingerprint density at radius 3 is 2.65 bits per heavy atom. The topological polar surface area (TPSA) is 51.0 Å². The molecule has 1 amide bonds. The number of nitrogens with zero attached hydrogens (tertiary/aromatic N) is 4. The van der Waals surface area contributed by atoms with E-state index in [-0.39, 0.29) is 5.91 Å². The van der Waals surface area contributed by atoms with Gasteiger partial charge in [-0.05, 0) is 42.8 Å². The summed E-state index contributed by atoms with van der Waals surface area (Å²) in [5.74, 6) is -0.0482. The van der Waals surface area contributed by atoms with Crippen molar-refractivity contribution in [3.63, 3.8) is 0 Å². The fraction of sp³-hybridized carbons (Fsp3) is 0.235. The lowest BCUT2D eigenvalue weighted by Crippen LogP contribution is -2.26. The summed E-state index contributed by atoms with van der Waals surface area (Å²) in [5, 5.41) is 8.86. The first-order valence-electron chi connectivity index (χ1n) is 7.41. The summed E-state index contributed by atoms with van der Waals surface area (Å²) in [7, 11) is 1.78. The molecule has 0 aliphatic carbocycles. The number of halogens is 1. The van der Waals surface area contributed by atoms with E-state index in [2.05, 4.69) is 10.3 Å². The van der Waals surface area contributed by atoms with Gasteiger partial charge in [0.05, 0.1) is 5.52 Å². The lowest BCUT2D eigenvalue weighted by Gasteiger charge is -2.17. The molecule has 1 heterocycles. The minimum absolute atomic E-state index is 0.0482. The third-order valence-corrected chi connectivity index (χ3v) is 3.99. The number of amides is 1. The van der Waals surface area contributed by atoms with Gasteiger partial charge in [-0.2, -0.15) is 0 Å². The molecular formula is C17H17ClN4O. The van der Waals surface area contributed by atoms with Crippen LogP contribution < -0.4 is 0 Å². The van der Waals surface area contributed by atoms with Crippen LogP contribution in [0.5, 0.6) is 0 Å². The van der Waals surface area contributed by atoms with E-state index in [0.29, 0.717) is 17.1 Å². The molecule has 118 valence electrons. The molecule has 3 rings (SSSR count). The third kappa shape index (κ3) is 3.19. The van der Waals surface area contributed by atoms with Crippen molar-refractivity contribution >= 4 is 28.5 Å². The Morgan fingerprint density at radius 1 is 1.22 bits per heavy atom. The maximum absolute atomic E-state index is 12.6. The second-order valence-corrected chi connectivity index (χ2v) is 5.83. The van der Waals surface area contributed by atoms with Crippen LogP contribution in [0.25, 0.3) is 11.0 Å². The molecule has 0 N–H and O–H groups in total. The Hall–Kier alpha value is -2.40. The van der Waals surface area contributed by atoms with E-state index < -0.39 is 0 Å². The van der Waals surface area contributed by atoms with Crippen LogP contribution in [0, 0.1) is 0 Å². The van der Waals surface area contributed by atoms with Crippen LogP contribution in [0.2, 0.25) is 5.02 Å². The van der Waals surface area contributed by atoms with E-state index in [1.165, 1.54) is 0 Å². The molecule has 2 aromatic carbocycles. The van der Waals surface area contributed by atoms with Crippen LogP contribution in [0.4, 0.5) is 0 Å². The number of carbonyl (C=O) groups is 1. The highest BCUT2D eigenvalue weighted by atomic mass is 35.5. The molecule has 1 aromatic heterocycles. The molecule has 0 unspecified atom stereocenters. The Labute approximate surface area is 139 Å². The largest absolute Gasteiger partial charge is 0.337 e. The zero-order chi connectivity index (χ0) is 16.4. The Balaban J connectivity index is 1.80. The van der Waals surface area contributed by atoms with Crippen LogP contribution in [0.3, 0.4) is 0 Å². The Bertz CT molecular complexity index is 841. The van der Waals surface area contributed by atoms with E-state index in [4.69, 9.17) is 11.6 Å². The van der Waals surface area contributed by atoms with Crippen molar-refractivity contribution in [2.45, 2.75) is 20.0 Å². The van der Waals surface area contributed by atoms with Gasteiger partial charge in [0.2, 0.25) is 0 Å². The van der Waals surface area contributed by atoms with E-state index in [0.717, 1.165) is 23.1 Å². The number of hydrogen-bond acceptors (Lipinski definition) is 3. The molecule has 6 heteroatoms. The molecule has 3 aromatic rings. The van der Waals surface area contributed by atoms with Crippen LogP contribution in [-0.2, 0) is 13.1 Å². The predicted octanol–water partition coefficient (Wildman–Crippen LogP) is 3.38. The molecular weight excluding hydrogens is 312 g/mol. The number of hydrogen-bond donors (Lipinski definition) is 0. The molecule has 0 radical (unpaired) electrons. The fourth-order valence-corrected chi connectivity index (χ4v) is 2.62. The molecule has 0 atom stereocenters. The maximum Gasteiger partial charge on any atom is 0.253 e. The zero-order valence-corrected chi connectivity index (χ0v) is 13.8. The average molecular weight is 329 g/mol. The molecule has 0 bridgehead atoms. The number of benzene rings is 2. The van der Waals surface area contributed by atoms with E-state index in [9.17, 15) is 4.79 Å². The predicted molar refractivity (Wildman–Crippen MR) is 90.5 cm³/mol. The second-order valence-electron chi connectivity index (χ2n) is 5.40. The Kier molecular flexibility index (Phi) is 4.30. The van der Waals surface area contributed by atoms with Gasteiger partial charge in [0.25, 0.3) is 5.91 Å². The van der Waals surface area contributed by atoms with Crippen molar-refractivity contribution in [1.82, 2.24) is 19.9 Å². The summed E-state index contributed by atoms with van der Waals surface area (Å²) >= 11 is 5.88. The molecule has 0 aliphatic heterocycles. The van der Waals surface area contributed by atoms with Crippen molar-refractivity contribution in [1.29, 1.82) is 0 Å². The summed E-state index contributed by atoms with van der Waals surface area (Å²) < 4.78 is 1.81. The molecule has 0 saturated carbocycles. The number of aromatic nitrogens is 3. The molecule has 5 nitrogen and oxygen atoms in total. The van der Waals surface area contributed by atoms with Gasteiger partial charge in [-0.25, -0.2) is 4.68 Å². The number of aryl methyl sites for hydroxylation is 1. The van der Waals surface area contributed by atoms with Crippen molar-refractivity contribution in [3.05, 3.63) is 58.6 Å². The molecule has 0 aliphatic rings. The highest BCUT2D eigenvalue weighted by Crippen LogP contribution is 2.16. The lowest BCUT2D eigenvalue weighted by molar-refractivity contribution is 0.0785. The highest BCUT2D eigenvalue weighted by molar-refractivity contribution is 6.30. The smallest absolute Gasteiger partial charge is 0.253 e. The first kappa shape index (κ1) is 15.5. The normalized spacial score (nSPS) is 10.9. The maximum atomic E-state index is 12.6.